The van der Waals surface area contributed by atoms with Crippen LogP contribution in [0.1, 0.15) is 21.7 Å². The number of carbonyl (C=O) groups excluding carboxylic acids is 1. The van der Waals surface area contributed by atoms with Gasteiger partial charge in [-0.25, -0.2) is 0 Å². The lowest BCUT2D eigenvalue weighted by Crippen LogP contribution is -2.39. The highest BCUT2D eigenvalue weighted by Crippen LogP contribution is 2.28. The molecule has 1 aromatic heterocycles. The van der Waals surface area contributed by atoms with Gasteiger partial charge in [0.15, 0.2) is 5.78 Å². The molecule has 0 unspecified atom stereocenters. The highest BCUT2D eigenvalue weighted by molar-refractivity contribution is 6.42. The van der Waals surface area contributed by atoms with Crippen LogP contribution in [0.3, 0.4) is 0 Å². The Balaban J connectivity index is 1.88. The van der Waals surface area contributed by atoms with Crippen molar-refractivity contribution in [3.05, 3.63) is 51.3 Å². The normalized spacial score (nSPS) is 15.7. The molecule has 0 amide bonds. The van der Waals surface area contributed by atoms with Crippen molar-refractivity contribution in [3.8, 4) is 5.69 Å². The molecule has 6 heteroatoms. The maximum absolute atomic E-state index is 12.7. The summed E-state index contributed by atoms with van der Waals surface area (Å²) >= 11 is 12.1. The number of benzene rings is 1. The van der Waals surface area contributed by atoms with Gasteiger partial charge in [-0.3, -0.25) is 9.69 Å². The number of ketones is 1. The lowest BCUT2D eigenvalue weighted by molar-refractivity contribution is 0.0371. The van der Waals surface area contributed by atoms with E-state index >= 15 is 0 Å². The summed E-state index contributed by atoms with van der Waals surface area (Å²) in [5.41, 5.74) is 3.58. The Bertz CT molecular complexity index is 765. The minimum Gasteiger partial charge on any atom is -0.379 e. The summed E-state index contributed by atoms with van der Waals surface area (Å²) in [4.78, 5) is 14.8. The SMILES string of the molecule is Cc1cc(C(=O)CN2CCOCC2)c(C)n1-c1ccc(Cl)c(Cl)c1. The van der Waals surface area contributed by atoms with E-state index in [0.29, 0.717) is 29.8 Å². The van der Waals surface area contributed by atoms with Gasteiger partial charge < -0.3 is 9.30 Å². The standard InChI is InChI=1S/C18H20Cl2N2O2/c1-12-9-15(18(23)11-21-5-7-24-8-6-21)13(2)22(12)14-3-4-16(19)17(20)10-14/h3-4,9-10H,5-8,11H2,1-2H3. The summed E-state index contributed by atoms with van der Waals surface area (Å²) in [6.45, 7) is 7.36. The minimum absolute atomic E-state index is 0.135. The molecular formula is C18H20Cl2N2O2. The van der Waals surface area contributed by atoms with Gasteiger partial charge in [-0.15, -0.1) is 0 Å². The molecule has 0 spiro atoms. The number of carbonyl (C=O) groups is 1. The third-order valence-electron chi connectivity index (χ3n) is 4.36. The Morgan fingerprint density at radius 1 is 1.12 bits per heavy atom. The van der Waals surface area contributed by atoms with Crippen LogP contribution in [-0.4, -0.2) is 48.1 Å². The van der Waals surface area contributed by atoms with E-state index in [-0.39, 0.29) is 5.78 Å². The molecule has 2 aromatic rings. The fraction of sp³-hybridized carbons (Fsp3) is 0.389. The van der Waals surface area contributed by atoms with Gasteiger partial charge in [0, 0.05) is 35.7 Å². The average Bonchev–Trinajstić information content (AvgIpc) is 2.86. The second-order valence-electron chi connectivity index (χ2n) is 6.03. The van der Waals surface area contributed by atoms with Gasteiger partial charge in [0.1, 0.15) is 0 Å². The summed E-state index contributed by atoms with van der Waals surface area (Å²) in [6.07, 6.45) is 0. The Morgan fingerprint density at radius 2 is 1.83 bits per heavy atom. The van der Waals surface area contributed by atoms with Crippen molar-refractivity contribution in [1.29, 1.82) is 0 Å². The summed E-state index contributed by atoms with van der Waals surface area (Å²) < 4.78 is 7.37. The third kappa shape index (κ3) is 3.52. The maximum Gasteiger partial charge on any atom is 0.178 e. The van der Waals surface area contributed by atoms with Crippen molar-refractivity contribution < 1.29 is 9.53 Å². The smallest absolute Gasteiger partial charge is 0.178 e. The number of nitrogens with zero attached hydrogens (tertiary/aromatic N) is 2. The molecule has 0 N–H and O–H groups in total. The Morgan fingerprint density at radius 3 is 2.50 bits per heavy atom. The van der Waals surface area contributed by atoms with Crippen molar-refractivity contribution in [2.75, 3.05) is 32.8 Å². The summed E-state index contributed by atoms with van der Waals surface area (Å²) in [7, 11) is 0. The minimum atomic E-state index is 0.135. The zero-order chi connectivity index (χ0) is 17.3. The first-order valence-corrected chi connectivity index (χ1v) is 8.70. The largest absolute Gasteiger partial charge is 0.379 e. The molecule has 128 valence electrons. The van der Waals surface area contributed by atoms with Gasteiger partial charge in [0.2, 0.25) is 0 Å². The fourth-order valence-corrected chi connectivity index (χ4v) is 3.41. The van der Waals surface area contributed by atoms with E-state index in [1.165, 1.54) is 0 Å². The molecule has 1 aliphatic rings. The molecule has 0 atom stereocenters. The van der Waals surface area contributed by atoms with Gasteiger partial charge in [-0.05, 0) is 38.1 Å². The van der Waals surface area contributed by atoms with Crippen LogP contribution in [0.2, 0.25) is 10.0 Å². The zero-order valence-corrected chi connectivity index (χ0v) is 15.3. The molecule has 1 aromatic carbocycles. The molecule has 0 radical (unpaired) electrons. The second kappa shape index (κ2) is 7.28. The molecule has 0 saturated carbocycles. The van der Waals surface area contributed by atoms with E-state index in [1.54, 1.807) is 6.07 Å². The number of hydrogen-bond acceptors (Lipinski definition) is 3. The topological polar surface area (TPSA) is 34.5 Å². The Kier molecular flexibility index (Phi) is 5.30. The number of halogens is 2. The van der Waals surface area contributed by atoms with Gasteiger partial charge in [-0.2, -0.15) is 0 Å². The predicted octanol–water partition coefficient (Wildman–Crippen LogP) is 3.92. The van der Waals surface area contributed by atoms with Crippen molar-refractivity contribution in [2.24, 2.45) is 0 Å². The molecule has 1 aliphatic heterocycles. The number of morpholine rings is 1. The summed E-state index contributed by atoms with van der Waals surface area (Å²) in [6, 6.07) is 7.44. The zero-order valence-electron chi connectivity index (χ0n) is 13.8. The van der Waals surface area contributed by atoms with Crippen molar-refractivity contribution in [2.45, 2.75) is 13.8 Å². The lowest BCUT2D eigenvalue weighted by Gasteiger charge is -2.25. The first kappa shape index (κ1) is 17.5. The molecule has 2 heterocycles. The number of Topliss-reactive ketones (excluding diaryl/α,β-unsaturated/α-hetero) is 1. The molecule has 24 heavy (non-hydrogen) atoms. The van der Waals surface area contributed by atoms with E-state index in [9.17, 15) is 4.79 Å². The van der Waals surface area contributed by atoms with E-state index in [1.807, 2.05) is 36.6 Å². The highest BCUT2D eigenvalue weighted by Gasteiger charge is 2.20. The monoisotopic (exact) mass is 366 g/mol. The van der Waals surface area contributed by atoms with Crippen LogP contribution in [-0.2, 0) is 4.74 Å². The van der Waals surface area contributed by atoms with E-state index in [4.69, 9.17) is 27.9 Å². The lowest BCUT2D eigenvalue weighted by atomic mass is 10.1. The van der Waals surface area contributed by atoms with E-state index in [2.05, 4.69) is 4.90 Å². The maximum atomic E-state index is 12.7. The molecule has 3 rings (SSSR count). The van der Waals surface area contributed by atoms with Gasteiger partial charge in [0.05, 0.1) is 29.8 Å². The first-order valence-electron chi connectivity index (χ1n) is 7.95. The number of aromatic nitrogens is 1. The Labute approximate surface area is 151 Å². The second-order valence-corrected chi connectivity index (χ2v) is 6.84. The average molecular weight is 367 g/mol. The quantitative estimate of drug-likeness (QED) is 0.769. The number of ether oxygens (including phenoxy) is 1. The number of aryl methyl sites for hydroxylation is 1. The van der Waals surface area contributed by atoms with Crippen LogP contribution in [0.4, 0.5) is 0 Å². The summed E-state index contributed by atoms with van der Waals surface area (Å²) in [5.74, 6) is 0.135. The molecule has 1 saturated heterocycles. The van der Waals surface area contributed by atoms with E-state index in [0.717, 1.165) is 35.7 Å². The van der Waals surface area contributed by atoms with Gasteiger partial charge >= 0.3 is 0 Å². The van der Waals surface area contributed by atoms with E-state index < -0.39 is 0 Å². The molecule has 0 aliphatic carbocycles. The first-order chi connectivity index (χ1) is 11.5. The number of rotatable bonds is 4. The van der Waals surface area contributed by atoms with Crippen LogP contribution in [0.25, 0.3) is 5.69 Å². The van der Waals surface area contributed by atoms with Crippen molar-refractivity contribution in [1.82, 2.24) is 9.47 Å². The summed E-state index contributed by atoms with van der Waals surface area (Å²) in [5, 5.41) is 1.02. The predicted molar refractivity (Wildman–Crippen MR) is 96.9 cm³/mol. The Hall–Kier alpha value is -1.33. The van der Waals surface area contributed by atoms with Gasteiger partial charge in [-0.1, -0.05) is 23.2 Å². The van der Waals surface area contributed by atoms with Crippen LogP contribution >= 0.6 is 23.2 Å². The van der Waals surface area contributed by atoms with Crippen LogP contribution in [0.15, 0.2) is 24.3 Å². The number of hydrogen-bond donors (Lipinski definition) is 0. The van der Waals surface area contributed by atoms with Crippen molar-refractivity contribution >= 4 is 29.0 Å². The molecule has 1 fully saturated rings. The highest BCUT2D eigenvalue weighted by atomic mass is 35.5. The third-order valence-corrected chi connectivity index (χ3v) is 5.10. The molecule has 4 nitrogen and oxygen atoms in total. The van der Waals surface area contributed by atoms with Crippen molar-refractivity contribution in [3.63, 3.8) is 0 Å². The molecule has 0 bridgehead atoms. The fourth-order valence-electron chi connectivity index (χ4n) is 3.11. The van der Waals surface area contributed by atoms with Crippen LogP contribution in [0.5, 0.6) is 0 Å². The molecular weight excluding hydrogens is 347 g/mol. The van der Waals surface area contributed by atoms with Gasteiger partial charge in [0.25, 0.3) is 0 Å². The van der Waals surface area contributed by atoms with Crippen LogP contribution < -0.4 is 0 Å². The van der Waals surface area contributed by atoms with Crippen LogP contribution in [0, 0.1) is 13.8 Å².